The number of hydrogen-bond donors (Lipinski definition) is 1. The van der Waals surface area contributed by atoms with E-state index in [0.717, 1.165) is 29.4 Å². The molecule has 0 fully saturated rings. The number of benzene rings is 4. The maximum Gasteiger partial charge on any atom is 0.124 e. The highest BCUT2D eigenvalue weighted by Gasteiger charge is 2.13. The first-order chi connectivity index (χ1) is 12.2. The average molecular weight is 326 g/mol. The number of rotatable bonds is 3. The molecule has 0 bridgehead atoms. The van der Waals surface area contributed by atoms with Crippen LogP contribution in [-0.2, 0) is 6.42 Å². The highest BCUT2D eigenvalue weighted by Crippen LogP contribution is 2.40. The number of phenols is 1. The first-order valence-electron chi connectivity index (χ1n) is 8.92. The van der Waals surface area contributed by atoms with Crippen molar-refractivity contribution in [1.29, 1.82) is 0 Å². The summed E-state index contributed by atoms with van der Waals surface area (Å²) in [6.45, 7) is 4.32. The van der Waals surface area contributed by atoms with Crippen LogP contribution in [0.2, 0.25) is 0 Å². The number of aromatic hydroxyl groups is 1. The Morgan fingerprint density at radius 1 is 0.800 bits per heavy atom. The van der Waals surface area contributed by atoms with Gasteiger partial charge in [-0.3, -0.25) is 0 Å². The normalized spacial score (nSPS) is 11.3. The van der Waals surface area contributed by atoms with E-state index in [-0.39, 0.29) is 0 Å². The number of aryl methyl sites for hydroxylation is 2. The van der Waals surface area contributed by atoms with Crippen molar-refractivity contribution in [2.24, 2.45) is 0 Å². The van der Waals surface area contributed by atoms with Crippen molar-refractivity contribution in [2.45, 2.75) is 26.7 Å². The van der Waals surface area contributed by atoms with Gasteiger partial charge in [0, 0.05) is 5.56 Å². The predicted molar refractivity (Wildman–Crippen MR) is 107 cm³/mol. The van der Waals surface area contributed by atoms with Crippen molar-refractivity contribution in [3.63, 3.8) is 0 Å². The Balaban J connectivity index is 2.04. The van der Waals surface area contributed by atoms with Crippen LogP contribution in [0.4, 0.5) is 0 Å². The molecule has 0 saturated carbocycles. The Labute approximate surface area is 148 Å². The Morgan fingerprint density at radius 2 is 1.60 bits per heavy atom. The molecular weight excluding hydrogens is 304 g/mol. The van der Waals surface area contributed by atoms with Gasteiger partial charge in [-0.05, 0) is 57.6 Å². The van der Waals surface area contributed by atoms with Gasteiger partial charge >= 0.3 is 0 Å². The Hall–Kier alpha value is -2.80. The fourth-order valence-electron chi connectivity index (χ4n) is 3.78. The molecule has 0 amide bonds. The van der Waals surface area contributed by atoms with Gasteiger partial charge in [-0.1, -0.05) is 74.0 Å². The smallest absolute Gasteiger partial charge is 0.124 e. The van der Waals surface area contributed by atoms with Gasteiger partial charge in [-0.2, -0.15) is 0 Å². The number of phenolic OH excluding ortho intramolecular Hbond substituents is 1. The topological polar surface area (TPSA) is 20.2 Å². The van der Waals surface area contributed by atoms with Crippen LogP contribution in [0.5, 0.6) is 5.75 Å². The molecular formula is C24H22O. The van der Waals surface area contributed by atoms with Crippen LogP contribution in [0.15, 0.2) is 66.7 Å². The Morgan fingerprint density at radius 3 is 2.44 bits per heavy atom. The molecule has 4 aromatic carbocycles. The second kappa shape index (κ2) is 6.25. The molecule has 1 nitrogen and oxygen atoms in total. The molecule has 0 unspecified atom stereocenters. The molecule has 0 spiro atoms. The maximum atomic E-state index is 10.7. The van der Waals surface area contributed by atoms with Gasteiger partial charge in [0.15, 0.2) is 0 Å². The molecule has 4 aromatic rings. The quantitative estimate of drug-likeness (QED) is 0.448. The summed E-state index contributed by atoms with van der Waals surface area (Å²) in [5.41, 5.74) is 4.61. The lowest BCUT2D eigenvalue weighted by molar-refractivity contribution is 0.478. The molecule has 4 rings (SSSR count). The fourth-order valence-corrected chi connectivity index (χ4v) is 3.78. The standard InChI is InChI=1S/C24H22O/c1-3-6-17-11-12-20-18(15-17)8-5-10-22(20)24-21-9-4-7-16(2)19(21)13-14-23(24)25/h4-5,7-15,25H,3,6H2,1-2H3. The van der Waals surface area contributed by atoms with Crippen molar-refractivity contribution in [1.82, 2.24) is 0 Å². The number of fused-ring (bicyclic) bond motifs is 2. The van der Waals surface area contributed by atoms with Crippen molar-refractivity contribution < 1.29 is 5.11 Å². The second-order valence-electron chi connectivity index (χ2n) is 6.74. The Bertz CT molecular complexity index is 1080. The minimum absolute atomic E-state index is 0.336. The van der Waals surface area contributed by atoms with Gasteiger partial charge in [0.1, 0.15) is 5.75 Å². The van der Waals surface area contributed by atoms with Crippen LogP contribution in [0.25, 0.3) is 32.7 Å². The fraction of sp³-hybridized carbons (Fsp3) is 0.167. The lowest BCUT2D eigenvalue weighted by atomic mass is 9.91. The average Bonchev–Trinajstić information content (AvgIpc) is 2.62. The van der Waals surface area contributed by atoms with Gasteiger partial charge in [-0.25, -0.2) is 0 Å². The van der Waals surface area contributed by atoms with Crippen LogP contribution in [-0.4, -0.2) is 5.11 Å². The molecule has 0 atom stereocenters. The zero-order chi connectivity index (χ0) is 17.4. The minimum atomic E-state index is 0.336. The van der Waals surface area contributed by atoms with Crippen molar-refractivity contribution in [3.05, 3.63) is 77.9 Å². The van der Waals surface area contributed by atoms with E-state index in [1.807, 2.05) is 12.1 Å². The molecule has 0 aliphatic rings. The van der Waals surface area contributed by atoms with Gasteiger partial charge < -0.3 is 5.11 Å². The molecule has 0 radical (unpaired) electrons. The van der Waals surface area contributed by atoms with Crippen LogP contribution in [0, 0.1) is 6.92 Å². The van der Waals surface area contributed by atoms with E-state index < -0.39 is 0 Å². The summed E-state index contributed by atoms with van der Waals surface area (Å²) in [7, 11) is 0. The van der Waals surface area contributed by atoms with Crippen molar-refractivity contribution in [2.75, 3.05) is 0 Å². The summed E-state index contributed by atoms with van der Waals surface area (Å²) in [5, 5.41) is 15.4. The summed E-state index contributed by atoms with van der Waals surface area (Å²) in [6, 6.07) is 23.1. The molecule has 1 heteroatoms. The SMILES string of the molecule is CCCc1ccc2c(-c3c(O)ccc4c(C)cccc34)cccc2c1. The van der Waals surface area contributed by atoms with Gasteiger partial charge in [0.2, 0.25) is 0 Å². The summed E-state index contributed by atoms with van der Waals surface area (Å²) in [5.74, 6) is 0.336. The second-order valence-corrected chi connectivity index (χ2v) is 6.74. The molecule has 0 heterocycles. The number of hydrogen-bond acceptors (Lipinski definition) is 1. The van der Waals surface area contributed by atoms with E-state index in [1.165, 1.54) is 27.3 Å². The Kier molecular flexibility index (Phi) is 3.93. The van der Waals surface area contributed by atoms with E-state index in [4.69, 9.17) is 0 Å². The van der Waals surface area contributed by atoms with Crippen LogP contribution >= 0.6 is 0 Å². The molecule has 0 aliphatic carbocycles. The predicted octanol–water partition coefficient (Wildman–Crippen LogP) is 6.63. The van der Waals surface area contributed by atoms with E-state index in [2.05, 4.69) is 68.4 Å². The van der Waals surface area contributed by atoms with Crippen LogP contribution in [0.1, 0.15) is 24.5 Å². The third kappa shape index (κ3) is 2.66. The lowest BCUT2D eigenvalue weighted by Crippen LogP contribution is -1.88. The van der Waals surface area contributed by atoms with Crippen LogP contribution < -0.4 is 0 Å². The van der Waals surface area contributed by atoms with Crippen molar-refractivity contribution in [3.8, 4) is 16.9 Å². The first-order valence-corrected chi connectivity index (χ1v) is 8.92. The first kappa shape index (κ1) is 15.7. The zero-order valence-electron chi connectivity index (χ0n) is 14.7. The molecule has 0 saturated heterocycles. The molecule has 0 aromatic heterocycles. The summed E-state index contributed by atoms with van der Waals surface area (Å²) >= 11 is 0. The minimum Gasteiger partial charge on any atom is -0.507 e. The van der Waals surface area contributed by atoms with Crippen molar-refractivity contribution >= 4 is 21.5 Å². The monoisotopic (exact) mass is 326 g/mol. The third-order valence-electron chi connectivity index (χ3n) is 5.01. The summed E-state index contributed by atoms with van der Waals surface area (Å²) in [6.07, 6.45) is 2.24. The summed E-state index contributed by atoms with van der Waals surface area (Å²) < 4.78 is 0. The van der Waals surface area contributed by atoms with E-state index in [0.29, 0.717) is 5.75 Å². The van der Waals surface area contributed by atoms with E-state index in [1.54, 1.807) is 0 Å². The third-order valence-corrected chi connectivity index (χ3v) is 5.01. The highest BCUT2D eigenvalue weighted by molar-refractivity contribution is 6.08. The zero-order valence-corrected chi connectivity index (χ0v) is 14.7. The lowest BCUT2D eigenvalue weighted by Gasteiger charge is -2.14. The molecule has 1 N–H and O–H groups in total. The van der Waals surface area contributed by atoms with E-state index in [9.17, 15) is 5.11 Å². The van der Waals surface area contributed by atoms with Gasteiger partial charge in [0.25, 0.3) is 0 Å². The van der Waals surface area contributed by atoms with Gasteiger partial charge in [-0.15, -0.1) is 0 Å². The molecule has 124 valence electrons. The maximum absolute atomic E-state index is 10.7. The molecule has 0 aliphatic heterocycles. The van der Waals surface area contributed by atoms with E-state index >= 15 is 0 Å². The van der Waals surface area contributed by atoms with Crippen LogP contribution in [0.3, 0.4) is 0 Å². The largest absolute Gasteiger partial charge is 0.507 e. The van der Waals surface area contributed by atoms with Gasteiger partial charge in [0.05, 0.1) is 0 Å². The summed E-state index contributed by atoms with van der Waals surface area (Å²) in [4.78, 5) is 0. The highest BCUT2D eigenvalue weighted by atomic mass is 16.3. The molecule has 25 heavy (non-hydrogen) atoms.